The van der Waals surface area contributed by atoms with Crippen LogP contribution in [0.2, 0.25) is 0 Å². The van der Waals surface area contributed by atoms with Crippen molar-refractivity contribution in [2.24, 2.45) is 0 Å². The Morgan fingerprint density at radius 1 is 0.850 bits per heavy atom. The smallest absolute Gasteiger partial charge is 0.475 e. The van der Waals surface area contributed by atoms with Crippen LogP contribution in [-0.4, -0.2) is 47.3 Å². The minimum Gasteiger partial charge on any atom is -0.497 e. The van der Waals surface area contributed by atoms with Gasteiger partial charge in [0.05, 0.1) is 26.9 Å². The first-order valence-corrected chi connectivity index (χ1v) is 14.1. The summed E-state index contributed by atoms with van der Waals surface area (Å²) in [6.07, 6.45) is -1.35. The summed E-state index contributed by atoms with van der Waals surface area (Å²) in [4.78, 5) is 26.7. The maximum atomic E-state index is 13.8. The molecule has 0 saturated heterocycles. The fourth-order valence-corrected chi connectivity index (χ4v) is 4.95. The quantitative estimate of drug-likeness (QED) is 0.228. The molecule has 3 aromatic rings. The molecule has 10 nitrogen and oxygen atoms in total. The zero-order valence-corrected chi connectivity index (χ0v) is 23.9. The van der Waals surface area contributed by atoms with E-state index in [1.807, 2.05) is 36.4 Å². The molecule has 0 saturated carbocycles. The van der Waals surface area contributed by atoms with Gasteiger partial charge in [0.15, 0.2) is 0 Å². The van der Waals surface area contributed by atoms with Crippen molar-refractivity contribution in [3.63, 3.8) is 0 Å². The Labute approximate surface area is 234 Å². The minimum atomic E-state index is -4.28. The van der Waals surface area contributed by atoms with Gasteiger partial charge in [0.2, 0.25) is 5.91 Å². The second kappa shape index (κ2) is 14.1. The zero-order chi connectivity index (χ0) is 29.2. The van der Waals surface area contributed by atoms with Gasteiger partial charge in [-0.05, 0) is 56.2 Å². The highest BCUT2D eigenvalue weighted by Crippen LogP contribution is 2.51. The standard InChI is InChI=1S/C29H35N2O8P/c1-29(2,3)31(28(33)34)26(27(32)30-24-15-17-25(36-4)18-16-24)21-39-40(35,37-19-22-11-7-5-8-12-22)38-20-23-13-9-6-10-14-23/h5-18,26H,19-21H2,1-4H3,(H,30,32)(H,33,34). The fraction of sp³-hybridized carbons (Fsp3) is 0.310. The SMILES string of the molecule is COc1ccc(NC(=O)C(COP(=O)(OCc2ccccc2)OCc2ccccc2)N(C(=O)O)C(C)(C)C)cc1. The molecule has 0 bridgehead atoms. The number of ether oxygens (including phenoxy) is 1. The summed E-state index contributed by atoms with van der Waals surface area (Å²) < 4.78 is 35.9. The third kappa shape index (κ3) is 9.20. The molecule has 0 heterocycles. The van der Waals surface area contributed by atoms with Gasteiger partial charge < -0.3 is 15.2 Å². The molecule has 2 amide bonds. The van der Waals surface area contributed by atoms with E-state index < -0.39 is 38.0 Å². The minimum absolute atomic E-state index is 0.0858. The predicted octanol–water partition coefficient (Wildman–Crippen LogP) is 6.34. The first kappa shape index (κ1) is 30.8. The molecule has 1 atom stereocenters. The van der Waals surface area contributed by atoms with Gasteiger partial charge >= 0.3 is 13.9 Å². The van der Waals surface area contributed by atoms with Gasteiger partial charge in [-0.15, -0.1) is 0 Å². The predicted molar refractivity (Wildman–Crippen MR) is 151 cm³/mol. The van der Waals surface area contributed by atoms with Crippen LogP contribution in [-0.2, 0) is 36.1 Å². The van der Waals surface area contributed by atoms with Crippen molar-refractivity contribution in [2.75, 3.05) is 19.0 Å². The number of carbonyl (C=O) groups is 2. The van der Waals surface area contributed by atoms with Crippen LogP contribution in [0.15, 0.2) is 84.9 Å². The van der Waals surface area contributed by atoms with Crippen LogP contribution in [0.4, 0.5) is 10.5 Å². The number of methoxy groups -OCH3 is 1. The zero-order valence-electron chi connectivity index (χ0n) is 23.0. The topological polar surface area (TPSA) is 124 Å². The Bertz CT molecular complexity index is 1230. The number of nitrogens with one attached hydrogen (secondary N) is 1. The number of carbonyl (C=O) groups excluding carboxylic acids is 1. The van der Waals surface area contributed by atoms with Gasteiger partial charge in [-0.2, -0.15) is 0 Å². The Morgan fingerprint density at radius 2 is 1.35 bits per heavy atom. The summed E-state index contributed by atoms with van der Waals surface area (Å²) in [6.45, 7) is 4.17. The van der Waals surface area contributed by atoms with Crippen molar-refractivity contribution in [2.45, 2.75) is 45.6 Å². The first-order chi connectivity index (χ1) is 19.0. The Hall–Kier alpha value is -3.69. The normalized spacial score (nSPS) is 12.4. The molecule has 0 aromatic heterocycles. The van der Waals surface area contributed by atoms with Crippen LogP contribution in [0, 0.1) is 0 Å². The van der Waals surface area contributed by atoms with E-state index in [1.165, 1.54) is 7.11 Å². The average molecular weight is 571 g/mol. The van der Waals surface area contributed by atoms with Crippen LogP contribution < -0.4 is 10.1 Å². The summed E-state index contributed by atoms with van der Waals surface area (Å²) >= 11 is 0. The number of nitrogens with zero attached hydrogens (tertiary/aromatic N) is 1. The van der Waals surface area contributed by atoms with E-state index >= 15 is 0 Å². The summed E-state index contributed by atoms with van der Waals surface area (Å²) in [5.41, 5.74) is 0.867. The van der Waals surface area contributed by atoms with E-state index in [0.717, 1.165) is 16.0 Å². The molecular weight excluding hydrogens is 535 g/mol. The van der Waals surface area contributed by atoms with Crippen LogP contribution >= 0.6 is 7.82 Å². The molecule has 0 aliphatic carbocycles. The maximum absolute atomic E-state index is 13.8. The third-order valence-corrected chi connectivity index (χ3v) is 7.11. The van der Waals surface area contributed by atoms with E-state index in [9.17, 15) is 19.3 Å². The lowest BCUT2D eigenvalue weighted by Gasteiger charge is -2.38. The van der Waals surface area contributed by atoms with E-state index in [-0.39, 0.29) is 13.2 Å². The lowest BCUT2D eigenvalue weighted by atomic mass is 10.0. The highest BCUT2D eigenvalue weighted by Gasteiger charge is 2.40. The fourth-order valence-electron chi connectivity index (χ4n) is 3.78. The van der Waals surface area contributed by atoms with Gasteiger partial charge in [0.25, 0.3) is 0 Å². The first-order valence-electron chi connectivity index (χ1n) is 12.6. The van der Waals surface area contributed by atoms with E-state index in [4.69, 9.17) is 18.3 Å². The van der Waals surface area contributed by atoms with Gasteiger partial charge in [0.1, 0.15) is 11.8 Å². The third-order valence-electron chi connectivity index (χ3n) is 5.76. The number of hydrogen-bond acceptors (Lipinski definition) is 7. The summed E-state index contributed by atoms with van der Waals surface area (Å²) in [6, 6.07) is 23.2. The second-order valence-electron chi connectivity index (χ2n) is 9.82. The van der Waals surface area contributed by atoms with Gasteiger partial charge in [0, 0.05) is 11.2 Å². The lowest BCUT2D eigenvalue weighted by Crippen LogP contribution is -2.57. The monoisotopic (exact) mass is 570 g/mol. The Balaban J connectivity index is 1.85. The second-order valence-corrected chi connectivity index (χ2v) is 11.5. The van der Waals surface area contributed by atoms with Gasteiger partial charge in [-0.3, -0.25) is 23.3 Å². The number of amides is 2. The van der Waals surface area contributed by atoms with Crippen LogP contribution in [0.5, 0.6) is 5.75 Å². The van der Waals surface area contributed by atoms with Gasteiger partial charge in [-0.25, -0.2) is 9.36 Å². The van der Waals surface area contributed by atoms with E-state index in [2.05, 4.69) is 5.32 Å². The van der Waals surface area contributed by atoms with Crippen molar-refractivity contribution in [1.82, 2.24) is 4.90 Å². The van der Waals surface area contributed by atoms with Crippen LogP contribution in [0.1, 0.15) is 31.9 Å². The molecule has 0 aliphatic heterocycles. The molecule has 40 heavy (non-hydrogen) atoms. The molecule has 0 aliphatic rings. The number of rotatable bonds is 13. The summed E-state index contributed by atoms with van der Waals surface area (Å²) in [7, 11) is -2.75. The average Bonchev–Trinajstić information content (AvgIpc) is 2.93. The van der Waals surface area contributed by atoms with Crippen molar-refractivity contribution in [3.8, 4) is 5.75 Å². The number of carboxylic acid groups (broad SMARTS) is 1. The molecule has 2 N–H and O–H groups in total. The molecule has 11 heteroatoms. The lowest BCUT2D eigenvalue weighted by molar-refractivity contribution is -0.123. The largest absolute Gasteiger partial charge is 0.497 e. The molecule has 3 rings (SSSR count). The molecular formula is C29H35N2O8P. The highest BCUT2D eigenvalue weighted by atomic mass is 31.2. The van der Waals surface area contributed by atoms with Crippen LogP contribution in [0.25, 0.3) is 0 Å². The molecule has 0 fully saturated rings. The molecule has 1 unspecified atom stereocenters. The van der Waals surface area contributed by atoms with Crippen molar-refractivity contribution >= 4 is 25.5 Å². The molecule has 0 spiro atoms. The molecule has 3 aromatic carbocycles. The number of phosphoric ester groups is 1. The summed E-state index contributed by atoms with van der Waals surface area (Å²) in [5, 5.41) is 12.7. The number of anilines is 1. The van der Waals surface area contributed by atoms with E-state index in [1.54, 1.807) is 69.3 Å². The Kier molecular flexibility index (Phi) is 10.9. The Morgan fingerprint density at radius 3 is 1.77 bits per heavy atom. The van der Waals surface area contributed by atoms with Crippen molar-refractivity contribution in [1.29, 1.82) is 0 Å². The van der Waals surface area contributed by atoms with E-state index in [0.29, 0.717) is 11.4 Å². The van der Waals surface area contributed by atoms with Crippen LogP contribution in [0.3, 0.4) is 0 Å². The number of benzene rings is 3. The summed E-state index contributed by atoms with van der Waals surface area (Å²) in [5.74, 6) is -0.0908. The number of hydrogen-bond donors (Lipinski definition) is 2. The van der Waals surface area contributed by atoms with Gasteiger partial charge in [-0.1, -0.05) is 60.7 Å². The molecule has 214 valence electrons. The number of phosphoric acid groups is 1. The molecule has 0 radical (unpaired) electrons. The van der Waals surface area contributed by atoms with Crippen molar-refractivity contribution in [3.05, 3.63) is 96.1 Å². The highest BCUT2D eigenvalue weighted by molar-refractivity contribution is 7.48. The maximum Gasteiger partial charge on any atom is 0.475 e. The van der Waals surface area contributed by atoms with Crippen molar-refractivity contribution < 1.29 is 37.6 Å².